The molecule has 0 aromatic carbocycles. The molecule has 0 bridgehead atoms. The van der Waals surface area contributed by atoms with Crippen LogP contribution in [0.4, 0.5) is 0 Å². The predicted molar refractivity (Wildman–Crippen MR) is 103 cm³/mol. The molecule has 1 saturated carbocycles. The van der Waals surface area contributed by atoms with E-state index >= 15 is 0 Å². The Morgan fingerprint density at radius 3 is 2.89 bits per heavy atom. The first kappa shape index (κ1) is 16.7. The Balaban J connectivity index is 1.56. The lowest BCUT2D eigenvalue weighted by Crippen LogP contribution is -2.26. The van der Waals surface area contributed by atoms with Crippen molar-refractivity contribution < 1.29 is 9.53 Å². The van der Waals surface area contributed by atoms with Gasteiger partial charge in [0.2, 0.25) is 11.8 Å². The van der Waals surface area contributed by atoms with Gasteiger partial charge in [-0.05, 0) is 32.8 Å². The number of hydrogen-bond acceptors (Lipinski definition) is 6. The summed E-state index contributed by atoms with van der Waals surface area (Å²) in [5, 5.41) is 3.89. The largest absolute Gasteiger partial charge is 0.473 e. The molecule has 2 atom stereocenters. The molecule has 0 unspecified atom stereocenters. The third-order valence-electron chi connectivity index (χ3n) is 5.30. The highest BCUT2D eigenvalue weighted by Crippen LogP contribution is 2.40. The summed E-state index contributed by atoms with van der Waals surface area (Å²) in [6.07, 6.45) is 6.46. The number of thiazole rings is 1. The summed E-state index contributed by atoms with van der Waals surface area (Å²) in [5.41, 5.74) is 2.67. The maximum atomic E-state index is 11.6. The molecule has 3 aromatic heterocycles. The standard InChI is InChI=1S/C19H21N5O2S/c1-10(12-5-17(25)21-7-12)26-19-18-15(22-9-24(18)13-3-4-13)6-14(23-19)16-8-20-11(2)27-16/h6,8-10,12-13H,3-5,7H2,1-2H3,(H,21,25)/t10-,12-/m1/s1. The first-order valence-electron chi connectivity index (χ1n) is 9.32. The molecule has 5 rings (SSSR count). The zero-order valence-corrected chi connectivity index (χ0v) is 16.1. The highest BCUT2D eigenvalue weighted by molar-refractivity contribution is 7.15. The van der Waals surface area contributed by atoms with Crippen LogP contribution in [0.2, 0.25) is 0 Å². The van der Waals surface area contributed by atoms with Gasteiger partial charge in [0.1, 0.15) is 11.6 Å². The lowest BCUT2D eigenvalue weighted by atomic mass is 10.0. The number of hydrogen-bond donors (Lipinski definition) is 1. The number of nitrogens with one attached hydrogen (secondary N) is 1. The zero-order valence-electron chi connectivity index (χ0n) is 15.3. The van der Waals surface area contributed by atoms with Crippen LogP contribution in [0, 0.1) is 12.8 Å². The van der Waals surface area contributed by atoms with Crippen molar-refractivity contribution in [1.29, 1.82) is 0 Å². The molecule has 2 fully saturated rings. The molecule has 27 heavy (non-hydrogen) atoms. The number of rotatable bonds is 5. The zero-order chi connectivity index (χ0) is 18.5. The van der Waals surface area contributed by atoms with Crippen molar-refractivity contribution in [2.75, 3.05) is 6.54 Å². The molecular formula is C19H21N5O2S. The number of aryl methyl sites for hydroxylation is 1. The molecule has 2 aliphatic rings. The molecule has 4 heterocycles. The number of fused-ring (bicyclic) bond motifs is 1. The van der Waals surface area contributed by atoms with E-state index in [2.05, 4.69) is 19.9 Å². The molecule has 3 aromatic rings. The van der Waals surface area contributed by atoms with E-state index < -0.39 is 0 Å². The van der Waals surface area contributed by atoms with Crippen LogP contribution in [0.15, 0.2) is 18.6 Å². The van der Waals surface area contributed by atoms with Gasteiger partial charge in [0, 0.05) is 31.1 Å². The van der Waals surface area contributed by atoms with Crippen molar-refractivity contribution in [2.45, 2.75) is 45.3 Å². The predicted octanol–water partition coefficient (Wildman–Crippen LogP) is 3.10. The monoisotopic (exact) mass is 383 g/mol. The topological polar surface area (TPSA) is 81.9 Å². The van der Waals surface area contributed by atoms with E-state index in [0.29, 0.717) is 24.9 Å². The second kappa shape index (κ2) is 6.30. The Morgan fingerprint density at radius 1 is 1.37 bits per heavy atom. The lowest BCUT2D eigenvalue weighted by molar-refractivity contribution is -0.119. The molecule has 1 aliphatic carbocycles. The first-order valence-corrected chi connectivity index (χ1v) is 10.1. The van der Waals surface area contributed by atoms with Gasteiger partial charge in [-0.25, -0.2) is 15.0 Å². The minimum atomic E-state index is -0.111. The summed E-state index contributed by atoms with van der Waals surface area (Å²) in [6.45, 7) is 4.65. The minimum Gasteiger partial charge on any atom is -0.473 e. The highest BCUT2D eigenvalue weighted by atomic mass is 32.1. The van der Waals surface area contributed by atoms with Crippen LogP contribution in [0.5, 0.6) is 5.88 Å². The first-order chi connectivity index (χ1) is 13.1. The van der Waals surface area contributed by atoms with Crippen molar-refractivity contribution >= 4 is 28.3 Å². The van der Waals surface area contributed by atoms with Gasteiger partial charge >= 0.3 is 0 Å². The minimum absolute atomic E-state index is 0.0884. The van der Waals surface area contributed by atoms with Crippen molar-refractivity contribution in [3.63, 3.8) is 0 Å². The van der Waals surface area contributed by atoms with E-state index in [4.69, 9.17) is 9.72 Å². The highest BCUT2D eigenvalue weighted by Gasteiger charge is 2.31. The summed E-state index contributed by atoms with van der Waals surface area (Å²) >= 11 is 1.61. The second-order valence-electron chi connectivity index (χ2n) is 7.40. The Kier molecular flexibility index (Phi) is 3.89. The molecule has 1 aliphatic heterocycles. The molecule has 8 heteroatoms. The fourth-order valence-electron chi connectivity index (χ4n) is 3.57. The quantitative estimate of drug-likeness (QED) is 0.732. The Morgan fingerprint density at radius 2 is 2.22 bits per heavy atom. The van der Waals surface area contributed by atoms with E-state index in [1.54, 1.807) is 11.3 Å². The smallest absolute Gasteiger partial charge is 0.241 e. The van der Waals surface area contributed by atoms with Crippen LogP contribution in [0.3, 0.4) is 0 Å². The normalized spacial score (nSPS) is 20.8. The summed E-state index contributed by atoms with van der Waals surface area (Å²) in [4.78, 5) is 26.4. The number of amides is 1. The SMILES string of the molecule is Cc1ncc(-c2cc3ncn(C4CC4)c3c(O[C@H](C)[C@H]3CNC(=O)C3)n2)s1. The van der Waals surface area contributed by atoms with Gasteiger partial charge in [-0.15, -0.1) is 11.3 Å². The fraction of sp³-hybridized carbons (Fsp3) is 0.474. The van der Waals surface area contributed by atoms with E-state index in [0.717, 1.165) is 39.5 Å². The summed E-state index contributed by atoms with van der Waals surface area (Å²) in [5.74, 6) is 0.844. The van der Waals surface area contributed by atoms with Gasteiger partial charge in [0.25, 0.3) is 0 Å². The van der Waals surface area contributed by atoms with Gasteiger partial charge < -0.3 is 14.6 Å². The third-order valence-corrected chi connectivity index (χ3v) is 6.24. The maximum absolute atomic E-state index is 11.6. The summed E-state index contributed by atoms with van der Waals surface area (Å²) < 4.78 is 8.51. The fourth-order valence-corrected chi connectivity index (χ4v) is 4.31. The Labute approximate surface area is 160 Å². The van der Waals surface area contributed by atoms with Gasteiger partial charge in [-0.2, -0.15) is 0 Å². The molecular weight excluding hydrogens is 362 g/mol. The van der Waals surface area contributed by atoms with Crippen LogP contribution < -0.4 is 10.1 Å². The maximum Gasteiger partial charge on any atom is 0.241 e. The summed E-state index contributed by atoms with van der Waals surface area (Å²) in [7, 11) is 0. The van der Waals surface area contributed by atoms with Crippen LogP contribution in [-0.4, -0.2) is 38.1 Å². The van der Waals surface area contributed by atoms with Crippen molar-refractivity contribution in [2.24, 2.45) is 5.92 Å². The molecule has 0 radical (unpaired) electrons. The lowest BCUT2D eigenvalue weighted by Gasteiger charge is -2.20. The van der Waals surface area contributed by atoms with Crippen LogP contribution >= 0.6 is 11.3 Å². The number of imidazole rings is 1. The molecule has 0 spiro atoms. The average Bonchev–Trinajstić information content (AvgIpc) is 3.04. The Hall–Kier alpha value is -2.48. The molecule has 1 amide bonds. The molecule has 140 valence electrons. The van der Waals surface area contributed by atoms with Crippen LogP contribution in [-0.2, 0) is 4.79 Å². The van der Waals surface area contributed by atoms with E-state index in [1.165, 1.54) is 0 Å². The third kappa shape index (κ3) is 3.07. The Bertz CT molecular complexity index is 1020. The van der Waals surface area contributed by atoms with Gasteiger partial charge in [-0.3, -0.25) is 4.79 Å². The molecule has 1 saturated heterocycles. The number of nitrogens with zero attached hydrogens (tertiary/aromatic N) is 4. The van der Waals surface area contributed by atoms with Crippen molar-refractivity contribution in [3.8, 4) is 16.5 Å². The van der Waals surface area contributed by atoms with Crippen molar-refractivity contribution in [1.82, 2.24) is 24.8 Å². The number of aromatic nitrogens is 4. The van der Waals surface area contributed by atoms with Gasteiger partial charge in [0.15, 0.2) is 0 Å². The molecule has 1 N–H and O–H groups in total. The average molecular weight is 383 g/mol. The number of pyridine rings is 1. The van der Waals surface area contributed by atoms with Crippen molar-refractivity contribution in [3.05, 3.63) is 23.6 Å². The number of carbonyl (C=O) groups excluding carboxylic acids is 1. The number of carbonyl (C=O) groups is 1. The second-order valence-corrected chi connectivity index (χ2v) is 8.63. The van der Waals surface area contributed by atoms with E-state index in [1.807, 2.05) is 32.4 Å². The number of ether oxygens (including phenoxy) is 1. The van der Waals surface area contributed by atoms with E-state index in [9.17, 15) is 4.79 Å². The van der Waals surface area contributed by atoms with E-state index in [-0.39, 0.29) is 17.9 Å². The summed E-state index contributed by atoms with van der Waals surface area (Å²) in [6, 6.07) is 2.50. The van der Waals surface area contributed by atoms with Gasteiger partial charge in [-0.1, -0.05) is 0 Å². The van der Waals surface area contributed by atoms with Gasteiger partial charge in [0.05, 0.1) is 27.4 Å². The molecule has 7 nitrogen and oxygen atoms in total. The van der Waals surface area contributed by atoms with Crippen LogP contribution in [0.1, 0.15) is 37.2 Å². The van der Waals surface area contributed by atoms with Crippen LogP contribution in [0.25, 0.3) is 21.6 Å².